The normalized spacial score (nSPS) is 23.5. The number of ether oxygens (including phenoxy) is 3. The number of hydrogen-bond acceptors (Lipinski definition) is 5. The molecule has 1 fully saturated rings. The third-order valence-electron chi connectivity index (χ3n) is 1.32. The van der Waals surface area contributed by atoms with Crippen LogP contribution < -0.4 is 5.32 Å². The maximum Gasteiger partial charge on any atom is 0.319 e. The van der Waals surface area contributed by atoms with Crippen molar-refractivity contribution in [3.63, 3.8) is 0 Å². The van der Waals surface area contributed by atoms with Gasteiger partial charge in [0.05, 0.1) is 20.3 Å². The van der Waals surface area contributed by atoms with Crippen LogP contribution >= 0.6 is 0 Å². The number of methoxy groups -OCH3 is 1. The Morgan fingerprint density at radius 1 is 1.82 bits per heavy atom. The summed E-state index contributed by atoms with van der Waals surface area (Å²) in [7, 11) is 1.34. The summed E-state index contributed by atoms with van der Waals surface area (Å²) < 4.78 is 14.3. The first-order chi connectivity index (χ1) is 5.33. The quantitative estimate of drug-likeness (QED) is 0.542. The van der Waals surface area contributed by atoms with Gasteiger partial charge in [0.1, 0.15) is 13.0 Å². The molecule has 1 rings (SSSR count). The van der Waals surface area contributed by atoms with Crippen molar-refractivity contribution in [1.29, 1.82) is 0 Å². The van der Waals surface area contributed by atoms with E-state index < -0.39 is 0 Å². The van der Waals surface area contributed by atoms with E-state index >= 15 is 0 Å². The van der Waals surface area contributed by atoms with Crippen LogP contribution in [-0.2, 0) is 19.0 Å². The molecule has 0 amide bonds. The molecule has 0 bridgehead atoms. The largest absolute Gasteiger partial charge is 0.468 e. The van der Waals surface area contributed by atoms with Gasteiger partial charge in [-0.05, 0) is 0 Å². The Bertz CT molecular complexity index is 133. The molecular weight excluding hydrogens is 150 g/mol. The molecular formula is C6H11NO4. The Hall–Kier alpha value is -0.650. The number of hydrogen-bond donors (Lipinski definition) is 1. The van der Waals surface area contributed by atoms with Crippen molar-refractivity contribution < 1.29 is 19.0 Å². The smallest absolute Gasteiger partial charge is 0.319 e. The van der Waals surface area contributed by atoms with E-state index in [2.05, 4.69) is 10.1 Å². The number of esters is 1. The highest BCUT2D eigenvalue weighted by Crippen LogP contribution is 1.97. The zero-order chi connectivity index (χ0) is 8.10. The van der Waals surface area contributed by atoms with Crippen molar-refractivity contribution in [3.05, 3.63) is 0 Å². The molecule has 1 saturated heterocycles. The van der Waals surface area contributed by atoms with E-state index in [9.17, 15) is 4.79 Å². The lowest BCUT2D eigenvalue weighted by Gasteiger charge is -2.07. The fourth-order valence-corrected chi connectivity index (χ4v) is 0.721. The summed E-state index contributed by atoms with van der Waals surface area (Å²) in [4.78, 5) is 10.6. The van der Waals surface area contributed by atoms with E-state index in [4.69, 9.17) is 9.47 Å². The first-order valence-corrected chi connectivity index (χ1v) is 3.32. The molecule has 0 radical (unpaired) electrons. The zero-order valence-corrected chi connectivity index (χ0v) is 6.33. The third kappa shape index (κ3) is 2.83. The van der Waals surface area contributed by atoms with Crippen molar-refractivity contribution in [1.82, 2.24) is 5.32 Å². The molecule has 11 heavy (non-hydrogen) atoms. The van der Waals surface area contributed by atoms with Crippen LogP contribution in [0.4, 0.5) is 0 Å². The van der Waals surface area contributed by atoms with Crippen LogP contribution in [0.1, 0.15) is 0 Å². The third-order valence-corrected chi connectivity index (χ3v) is 1.32. The monoisotopic (exact) mass is 161 g/mol. The predicted molar refractivity (Wildman–Crippen MR) is 35.7 cm³/mol. The van der Waals surface area contributed by atoms with E-state index in [-0.39, 0.29) is 18.7 Å². The van der Waals surface area contributed by atoms with Gasteiger partial charge in [-0.2, -0.15) is 0 Å². The maximum atomic E-state index is 10.6. The molecule has 5 heteroatoms. The molecule has 0 aromatic heterocycles. The second-order valence-corrected chi connectivity index (χ2v) is 2.10. The van der Waals surface area contributed by atoms with Crippen LogP contribution in [0.15, 0.2) is 0 Å². The fourth-order valence-electron chi connectivity index (χ4n) is 0.721. The summed E-state index contributed by atoms with van der Waals surface area (Å²) in [6.45, 7) is 0.931. The molecule has 1 aliphatic rings. The molecule has 0 aromatic carbocycles. The van der Waals surface area contributed by atoms with Gasteiger partial charge in [0, 0.05) is 0 Å². The highest BCUT2D eigenvalue weighted by molar-refractivity contribution is 5.71. The van der Waals surface area contributed by atoms with Crippen LogP contribution in [0.3, 0.4) is 0 Å². The van der Waals surface area contributed by atoms with Crippen LogP contribution in [0.2, 0.25) is 0 Å². The van der Waals surface area contributed by atoms with Gasteiger partial charge >= 0.3 is 5.97 Å². The molecule has 0 saturated carbocycles. The second kappa shape index (κ2) is 4.27. The molecule has 1 heterocycles. The van der Waals surface area contributed by atoms with Crippen molar-refractivity contribution in [2.75, 3.05) is 27.1 Å². The Morgan fingerprint density at radius 3 is 3.18 bits per heavy atom. The molecule has 64 valence electrons. The number of nitrogens with one attached hydrogen (secondary N) is 1. The van der Waals surface area contributed by atoms with Gasteiger partial charge in [0.2, 0.25) is 0 Å². The topological polar surface area (TPSA) is 56.8 Å². The van der Waals surface area contributed by atoms with E-state index in [0.717, 1.165) is 0 Å². The first-order valence-electron chi connectivity index (χ1n) is 3.32. The highest BCUT2D eigenvalue weighted by atomic mass is 16.7. The van der Waals surface area contributed by atoms with Gasteiger partial charge < -0.3 is 14.2 Å². The molecule has 0 spiro atoms. The lowest BCUT2D eigenvalue weighted by atomic mass is 10.5. The molecule has 0 aliphatic carbocycles. The van der Waals surface area contributed by atoms with Crippen LogP contribution in [0.5, 0.6) is 0 Å². The van der Waals surface area contributed by atoms with Gasteiger partial charge in [-0.25, -0.2) is 0 Å². The molecule has 1 unspecified atom stereocenters. The standard InChI is InChI=1S/C6H11NO4/c1-9-6(8)2-7-5-3-10-4-11-5/h5,7H,2-4H2,1H3. The van der Waals surface area contributed by atoms with Crippen LogP contribution in [0, 0.1) is 0 Å². The van der Waals surface area contributed by atoms with E-state index in [1.165, 1.54) is 7.11 Å². The number of rotatable bonds is 3. The predicted octanol–water partition coefficient (Wildman–Crippen LogP) is -0.921. The molecule has 1 aliphatic heterocycles. The summed E-state index contributed by atoms with van der Waals surface area (Å²) in [5.74, 6) is -0.305. The Balaban J connectivity index is 2.06. The maximum absolute atomic E-state index is 10.6. The highest BCUT2D eigenvalue weighted by Gasteiger charge is 2.15. The van der Waals surface area contributed by atoms with Crippen molar-refractivity contribution in [2.45, 2.75) is 6.23 Å². The molecule has 1 atom stereocenters. The Morgan fingerprint density at radius 2 is 2.64 bits per heavy atom. The van der Waals surface area contributed by atoms with E-state index in [1.54, 1.807) is 0 Å². The Labute approximate surface area is 64.6 Å². The second-order valence-electron chi connectivity index (χ2n) is 2.10. The van der Waals surface area contributed by atoms with Gasteiger partial charge in [0.25, 0.3) is 0 Å². The minimum absolute atomic E-state index is 0.157. The average molecular weight is 161 g/mol. The zero-order valence-electron chi connectivity index (χ0n) is 6.33. The van der Waals surface area contributed by atoms with Crippen LogP contribution in [-0.4, -0.2) is 39.3 Å². The summed E-state index contributed by atoms with van der Waals surface area (Å²) >= 11 is 0. The van der Waals surface area contributed by atoms with Gasteiger partial charge in [-0.1, -0.05) is 0 Å². The molecule has 5 nitrogen and oxygen atoms in total. The lowest BCUT2D eigenvalue weighted by Crippen LogP contribution is -2.35. The fraction of sp³-hybridized carbons (Fsp3) is 0.833. The summed E-state index contributed by atoms with van der Waals surface area (Å²) in [5.41, 5.74) is 0. The summed E-state index contributed by atoms with van der Waals surface area (Å²) in [6.07, 6.45) is -0.172. The number of carbonyl (C=O) groups excluding carboxylic acids is 1. The molecule has 0 aromatic rings. The van der Waals surface area contributed by atoms with Crippen molar-refractivity contribution in [3.8, 4) is 0 Å². The van der Waals surface area contributed by atoms with Gasteiger partial charge in [0.15, 0.2) is 0 Å². The lowest BCUT2D eigenvalue weighted by molar-refractivity contribution is -0.140. The minimum atomic E-state index is -0.305. The van der Waals surface area contributed by atoms with Crippen molar-refractivity contribution >= 4 is 5.97 Å². The van der Waals surface area contributed by atoms with Gasteiger partial charge in [-0.15, -0.1) is 0 Å². The molecule has 1 N–H and O–H groups in total. The summed E-state index contributed by atoms with van der Waals surface area (Å²) in [5, 5.41) is 2.81. The van der Waals surface area contributed by atoms with E-state index in [0.29, 0.717) is 13.4 Å². The van der Waals surface area contributed by atoms with E-state index in [1.807, 2.05) is 0 Å². The number of carbonyl (C=O) groups is 1. The average Bonchev–Trinajstić information content (AvgIpc) is 2.52. The van der Waals surface area contributed by atoms with Gasteiger partial charge in [-0.3, -0.25) is 10.1 Å². The Kier molecular flexibility index (Phi) is 3.28. The SMILES string of the molecule is COC(=O)CNC1COCO1. The minimum Gasteiger partial charge on any atom is -0.468 e. The van der Waals surface area contributed by atoms with Crippen LogP contribution in [0.25, 0.3) is 0 Å². The van der Waals surface area contributed by atoms with Crippen molar-refractivity contribution in [2.24, 2.45) is 0 Å². The first kappa shape index (κ1) is 8.45. The summed E-state index contributed by atoms with van der Waals surface area (Å²) in [6, 6.07) is 0.